The molecule has 2 aromatic heterocycles. The zero-order chi connectivity index (χ0) is 11.3. The number of benzene rings is 1. The monoisotopic (exact) mass is 215 g/mol. The van der Waals surface area contributed by atoms with Crippen molar-refractivity contribution in [2.45, 2.75) is 0 Å². The van der Waals surface area contributed by atoms with E-state index in [9.17, 15) is 9.59 Å². The molecule has 3 aromatic rings. The van der Waals surface area contributed by atoms with Crippen molar-refractivity contribution in [3.8, 4) is 0 Å². The lowest BCUT2D eigenvalue weighted by Crippen LogP contribution is -2.22. The summed E-state index contributed by atoms with van der Waals surface area (Å²) in [6, 6.07) is 7.54. The van der Waals surface area contributed by atoms with Crippen LogP contribution in [0.15, 0.2) is 33.9 Å². The summed E-state index contributed by atoms with van der Waals surface area (Å²) in [6.07, 6.45) is 0. The fraction of sp³-hybridized carbons (Fsp3) is 0.0909. The number of aryl methyl sites for hydroxylation is 1. The maximum atomic E-state index is 11.7. The van der Waals surface area contributed by atoms with Crippen molar-refractivity contribution in [1.82, 2.24) is 14.5 Å². The Kier molecular flexibility index (Phi) is 1.60. The maximum absolute atomic E-state index is 11.7. The predicted octanol–water partition coefficient (Wildman–Crippen LogP) is 0.708. The van der Waals surface area contributed by atoms with Crippen LogP contribution >= 0.6 is 0 Å². The largest absolute Gasteiger partial charge is 0.330 e. The van der Waals surface area contributed by atoms with Gasteiger partial charge in [0.1, 0.15) is 5.65 Å². The fourth-order valence-corrected chi connectivity index (χ4v) is 2.07. The Morgan fingerprint density at radius 2 is 1.88 bits per heavy atom. The van der Waals surface area contributed by atoms with Crippen molar-refractivity contribution in [3.05, 3.63) is 45.1 Å². The smallest absolute Gasteiger partial charge is 0.327 e. The molecule has 0 fully saturated rings. The quantitative estimate of drug-likeness (QED) is 0.579. The van der Waals surface area contributed by atoms with Crippen LogP contribution in [-0.4, -0.2) is 14.5 Å². The highest BCUT2D eigenvalue weighted by molar-refractivity contribution is 6.05. The van der Waals surface area contributed by atoms with Gasteiger partial charge in [0.25, 0.3) is 5.56 Å². The van der Waals surface area contributed by atoms with E-state index < -0.39 is 5.69 Å². The Hall–Kier alpha value is -2.30. The molecule has 2 heterocycles. The van der Waals surface area contributed by atoms with E-state index in [1.807, 2.05) is 31.3 Å². The minimum Gasteiger partial charge on any atom is -0.330 e. The molecule has 2 N–H and O–H groups in total. The highest BCUT2D eigenvalue weighted by Gasteiger charge is 2.11. The molecule has 0 aliphatic rings. The van der Waals surface area contributed by atoms with Crippen LogP contribution in [0, 0.1) is 0 Å². The number of nitrogens with zero attached hydrogens (tertiary/aromatic N) is 1. The zero-order valence-corrected chi connectivity index (χ0v) is 8.57. The molecule has 0 bridgehead atoms. The van der Waals surface area contributed by atoms with Crippen LogP contribution in [0.1, 0.15) is 0 Å². The normalized spacial score (nSPS) is 11.3. The fourth-order valence-electron chi connectivity index (χ4n) is 2.07. The Labute approximate surface area is 89.3 Å². The van der Waals surface area contributed by atoms with Gasteiger partial charge in [0, 0.05) is 12.4 Å². The maximum Gasteiger partial charge on any atom is 0.327 e. The Morgan fingerprint density at radius 1 is 1.12 bits per heavy atom. The molecule has 0 aliphatic heterocycles. The number of aromatic nitrogens is 3. The lowest BCUT2D eigenvalue weighted by atomic mass is 10.2. The number of hydrogen-bond acceptors (Lipinski definition) is 2. The molecule has 5 heteroatoms. The van der Waals surface area contributed by atoms with Gasteiger partial charge < -0.3 is 4.57 Å². The van der Waals surface area contributed by atoms with Crippen LogP contribution in [0.3, 0.4) is 0 Å². The van der Waals surface area contributed by atoms with Gasteiger partial charge in [-0.25, -0.2) is 4.79 Å². The second kappa shape index (κ2) is 2.85. The first-order valence-electron chi connectivity index (χ1n) is 4.88. The van der Waals surface area contributed by atoms with Gasteiger partial charge in [-0.05, 0) is 6.07 Å². The molecular formula is C11H9N3O2. The van der Waals surface area contributed by atoms with E-state index in [0.29, 0.717) is 11.0 Å². The van der Waals surface area contributed by atoms with Crippen LogP contribution in [-0.2, 0) is 7.05 Å². The lowest BCUT2D eigenvalue weighted by Gasteiger charge is -1.95. The number of aromatic amines is 2. The topological polar surface area (TPSA) is 70.7 Å². The number of H-pyrrole nitrogens is 2. The molecule has 0 saturated heterocycles. The summed E-state index contributed by atoms with van der Waals surface area (Å²) in [4.78, 5) is 27.8. The molecule has 0 saturated carbocycles. The molecule has 0 aliphatic carbocycles. The number of rotatable bonds is 0. The third-order valence-electron chi connectivity index (χ3n) is 2.79. The molecule has 0 radical (unpaired) electrons. The Balaban J connectivity index is 2.79. The molecule has 0 atom stereocenters. The number of hydrogen-bond donors (Lipinski definition) is 2. The summed E-state index contributed by atoms with van der Waals surface area (Å²) < 4.78 is 1.81. The van der Waals surface area contributed by atoms with E-state index in [0.717, 1.165) is 10.9 Å². The third kappa shape index (κ3) is 0.995. The van der Waals surface area contributed by atoms with E-state index in [1.165, 1.54) is 0 Å². The standard InChI is InChI=1S/C11H9N3O2/c1-14-7-5-3-2-4-6(7)8-9(14)12-11(16)13-10(8)15/h2-5H,1H3,(H2,12,13,15,16). The average Bonchev–Trinajstić information content (AvgIpc) is 2.54. The van der Waals surface area contributed by atoms with Crippen LogP contribution in [0.5, 0.6) is 0 Å². The van der Waals surface area contributed by atoms with E-state index in [1.54, 1.807) is 4.57 Å². The van der Waals surface area contributed by atoms with Gasteiger partial charge in [0.2, 0.25) is 0 Å². The number of nitrogens with one attached hydrogen (secondary N) is 2. The van der Waals surface area contributed by atoms with Crippen molar-refractivity contribution in [2.24, 2.45) is 7.05 Å². The number of fused-ring (bicyclic) bond motifs is 3. The van der Waals surface area contributed by atoms with E-state index in [2.05, 4.69) is 9.97 Å². The van der Waals surface area contributed by atoms with Gasteiger partial charge >= 0.3 is 5.69 Å². The Morgan fingerprint density at radius 3 is 2.69 bits per heavy atom. The van der Waals surface area contributed by atoms with E-state index in [-0.39, 0.29) is 5.56 Å². The van der Waals surface area contributed by atoms with Crippen molar-refractivity contribution in [2.75, 3.05) is 0 Å². The summed E-state index contributed by atoms with van der Waals surface area (Å²) in [5.74, 6) is 0. The van der Waals surface area contributed by atoms with Crippen molar-refractivity contribution in [3.63, 3.8) is 0 Å². The van der Waals surface area contributed by atoms with Gasteiger partial charge in [-0.1, -0.05) is 18.2 Å². The molecule has 80 valence electrons. The zero-order valence-electron chi connectivity index (χ0n) is 8.57. The van der Waals surface area contributed by atoms with Crippen LogP contribution in [0.4, 0.5) is 0 Å². The van der Waals surface area contributed by atoms with Crippen LogP contribution in [0.2, 0.25) is 0 Å². The summed E-state index contributed by atoms with van der Waals surface area (Å²) in [5.41, 5.74) is 0.638. The van der Waals surface area contributed by atoms with E-state index in [4.69, 9.17) is 0 Å². The average molecular weight is 215 g/mol. The van der Waals surface area contributed by atoms with Crippen molar-refractivity contribution < 1.29 is 0 Å². The molecule has 0 amide bonds. The first-order valence-corrected chi connectivity index (χ1v) is 4.88. The third-order valence-corrected chi connectivity index (χ3v) is 2.79. The lowest BCUT2D eigenvalue weighted by molar-refractivity contribution is 0.961. The molecular weight excluding hydrogens is 206 g/mol. The van der Waals surface area contributed by atoms with Crippen LogP contribution < -0.4 is 11.2 Å². The second-order valence-corrected chi connectivity index (χ2v) is 3.71. The van der Waals surface area contributed by atoms with Gasteiger partial charge in [0.15, 0.2) is 0 Å². The summed E-state index contributed by atoms with van der Waals surface area (Å²) in [5, 5.41) is 1.37. The summed E-state index contributed by atoms with van der Waals surface area (Å²) in [6.45, 7) is 0. The molecule has 0 spiro atoms. The molecule has 1 aromatic carbocycles. The summed E-state index contributed by atoms with van der Waals surface area (Å²) in [7, 11) is 1.82. The summed E-state index contributed by atoms with van der Waals surface area (Å²) >= 11 is 0. The van der Waals surface area contributed by atoms with Gasteiger partial charge in [0.05, 0.1) is 10.9 Å². The molecule has 0 unspecified atom stereocenters. The first kappa shape index (κ1) is 8.96. The van der Waals surface area contributed by atoms with Gasteiger partial charge in [-0.2, -0.15) is 0 Å². The van der Waals surface area contributed by atoms with E-state index >= 15 is 0 Å². The highest BCUT2D eigenvalue weighted by Crippen LogP contribution is 2.22. The highest BCUT2D eigenvalue weighted by atomic mass is 16.2. The Bertz CT molecular complexity index is 807. The van der Waals surface area contributed by atoms with Gasteiger partial charge in [-0.15, -0.1) is 0 Å². The minimum atomic E-state index is -0.483. The predicted molar refractivity (Wildman–Crippen MR) is 61.7 cm³/mol. The SMILES string of the molecule is Cn1c2ccccc2c2c(=O)[nH]c(=O)[nH]c21. The van der Waals surface area contributed by atoms with Gasteiger partial charge in [-0.3, -0.25) is 14.8 Å². The molecule has 5 nitrogen and oxygen atoms in total. The first-order chi connectivity index (χ1) is 7.68. The molecule has 16 heavy (non-hydrogen) atoms. The second-order valence-electron chi connectivity index (χ2n) is 3.71. The van der Waals surface area contributed by atoms with Crippen molar-refractivity contribution >= 4 is 21.9 Å². The molecule has 3 rings (SSSR count). The van der Waals surface area contributed by atoms with Crippen LogP contribution in [0.25, 0.3) is 21.9 Å². The minimum absolute atomic E-state index is 0.351. The van der Waals surface area contributed by atoms with Crippen molar-refractivity contribution in [1.29, 1.82) is 0 Å². The number of para-hydroxylation sites is 1.